The summed E-state index contributed by atoms with van der Waals surface area (Å²) < 4.78 is 1.00. The Morgan fingerprint density at radius 3 is 2.60 bits per heavy atom. The predicted molar refractivity (Wildman–Crippen MR) is 67.4 cm³/mol. The molecule has 15 heavy (non-hydrogen) atoms. The van der Waals surface area contributed by atoms with Crippen LogP contribution in [0.4, 0.5) is 5.69 Å². The van der Waals surface area contributed by atoms with Crippen molar-refractivity contribution >= 4 is 21.6 Å². The van der Waals surface area contributed by atoms with Gasteiger partial charge in [-0.15, -0.1) is 0 Å². The zero-order valence-electron chi connectivity index (χ0n) is 9.29. The lowest BCUT2D eigenvalue weighted by molar-refractivity contribution is 0.177. The maximum atomic E-state index is 9.78. The van der Waals surface area contributed by atoms with Gasteiger partial charge in [-0.05, 0) is 40.7 Å². The molecule has 0 fully saturated rings. The van der Waals surface area contributed by atoms with E-state index in [1.165, 1.54) is 0 Å². The van der Waals surface area contributed by atoms with Crippen LogP contribution in [-0.2, 0) is 0 Å². The molecule has 1 aromatic rings. The molecule has 0 spiro atoms. The fourth-order valence-electron chi connectivity index (χ4n) is 1.40. The van der Waals surface area contributed by atoms with Crippen LogP contribution in [0, 0.1) is 0 Å². The summed E-state index contributed by atoms with van der Waals surface area (Å²) in [6.45, 7) is 0.563. The van der Waals surface area contributed by atoms with Gasteiger partial charge in [0.15, 0.2) is 0 Å². The fraction of sp³-hybridized carbons (Fsp3) is 0.455. The number of aliphatic hydroxyl groups is 1. The van der Waals surface area contributed by atoms with Crippen LogP contribution in [0.1, 0.15) is 11.7 Å². The van der Waals surface area contributed by atoms with Gasteiger partial charge in [0, 0.05) is 25.1 Å². The number of hydrogen-bond donors (Lipinski definition) is 2. The molecule has 0 aliphatic heterocycles. The van der Waals surface area contributed by atoms with Crippen molar-refractivity contribution in [3.8, 4) is 0 Å². The van der Waals surface area contributed by atoms with Gasteiger partial charge < -0.3 is 15.3 Å². The maximum absolute atomic E-state index is 9.78. The van der Waals surface area contributed by atoms with Crippen LogP contribution < -0.4 is 10.2 Å². The Bertz CT molecular complexity index is 328. The van der Waals surface area contributed by atoms with E-state index in [0.717, 1.165) is 15.7 Å². The first-order valence-electron chi connectivity index (χ1n) is 4.85. The highest BCUT2D eigenvalue weighted by Crippen LogP contribution is 2.27. The predicted octanol–water partition coefficient (Wildman–Crippen LogP) is 1.77. The van der Waals surface area contributed by atoms with Gasteiger partial charge in [0.25, 0.3) is 0 Å². The van der Waals surface area contributed by atoms with E-state index in [-0.39, 0.29) is 0 Å². The number of likely N-dealkylation sites (N-methyl/N-ethyl adjacent to an activating group) is 1. The van der Waals surface area contributed by atoms with E-state index in [9.17, 15) is 5.11 Å². The number of hydrogen-bond acceptors (Lipinski definition) is 3. The third kappa shape index (κ3) is 3.19. The molecule has 0 heterocycles. The van der Waals surface area contributed by atoms with Crippen LogP contribution in [0.15, 0.2) is 22.7 Å². The minimum atomic E-state index is -0.456. The maximum Gasteiger partial charge on any atom is 0.0914 e. The molecule has 1 atom stereocenters. The van der Waals surface area contributed by atoms with Crippen LogP contribution in [0.25, 0.3) is 0 Å². The van der Waals surface area contributed by atoms with E-state index in [1.54, 1.807) is 0 Å². The van der Waals surface area contributed by atoms with Gasteiger partial charge >= 0.3 is 0 Å². The summed E-state index contributed by atoms with van der Waals surface area (Å²) in [5, 5.41) is 12.7. The molecule has 0 aliphatic carbocycles. The summed E-state index contributed by atoms with van der Waals surface area (Å²) in [4.78, 5) is 2.03. The van der Waals surface area contributed by atoms with Crippen molar-refractivity contribution in [2.24, 2.45) is 0 Å². The zero-order valence-corrected chi connectivity index (χ0v) is 10.9. The third-order valence-electron chi connectivity index (χ3n) is 2.24. The normalized spacial score (nSPS) is 12.6. The summed E-state index contributed by atoms with van der Waals surface area (Å²) in [6, 6.07) is 5.90. The van der Waals surface area contributed by atoms with Gasteiger partial charge in [-0.1, -0.05) is 6.07 Å². The first-order valence-corrected chi connectivity index (χ1v) is 5.65. The van der Waals surface area contributed by atoms with Crippen molar-refractivity contribution in [3.63, 3.8) is 0 Å². The molecule has 0 aliphatic rings. The summed E-state index contributed by atoms with van der Waals surface area (Å²) >= 11 is 3.49. The fourth-order valence-corrected chi connectivity index (χ4v) is 2.16. The number of anilines is 1. The molecule has 4 heteroatoms. The zero-order chi connectivity index (χ0) is 11.4. The van der Waals surface area contributed by atoms with Crippen LogP contribution in [0.2, 0.25) is 0 Å². The van der Waals surface area contributed by atoms with Crippen LogP contribution >= 0.6 is 15.9 Å². The van der Waals surface area contributed by atoms with E-state index < -0.39 is 6.10 Å². The molecule has 0 radical (unpaired) electrons. The highest BCUT2D eigenvalue weighted by Gasteiger charge is 2.09. The third-order valence-corrected chi connectivity index (χ3v) is 2.87. The Balaban J connectivity index is 2.91. The summed E-state index contributed by atoms with van der Waals surface area (Å²) in [7, 11) is 5.81. The number of nitrogens with zero attached hydrogens (tertiary/aromatic N) is 1. The second-order valence-corrected chi connectivity index (χ2v) is 4.53. The van der Waals surface area contributed by atoms with E-state index >= 15 is 0 Å². The van der Waals surface area contributed by atoms with Gasteiger partial charge in [0.1, 0.15) is 0 Å². The number of rotatable bonds is 4. The number of halogens is 1. The minimum absolute atomic E-state index is 0.456. The quantitative estimate of drug-likeness (QED) is 0.877. The Morgan fingerprint density at radius 2 is 2.13 bits per heavy atom. The first kappa shape index (κ1) is 12.5. The van der Waals surface area contributed by atoms with Crippen LogP contribution in [0.3, 0.4) is 0 Å². The summed E-state index contributed by atoms with van der Waals surface area (Å²) in [5.41, 5.74) is 2.03. The molecule has 3 nitrogen and oxygen atoms in total. The molecule has 0 bridgehead atoms. The first-order chi connectivity index (χ1) is 7.06. The largest absolute Gasteiger partial charge is 0.387 e. The van der Waals surface area contributed by atoms with Crippen molar-refractivity contribution in [3.05, 3.63) is 28.2 Å². The van der Waals surface area contributed by atoms with Crippen molar-refractivity contribution < 1.29 is 5.11 Å². The Kier molecular flexibility index (Phi) is 4.57. The van der Waals surface area contributed by atoms with Gasteiger partial charge in [-0.2, -0.15) is 0 Å². The highest BCUT2D eigenvalue weighted by molar-refractivity contribution is 9.10. The van der Waals surface area contributed by atoms with Crippen molar-refractivity contribution in [2.75, 3.05) is 32.6 Å². The monoisotopic (exact) mass is 272 g/mol. The van der Waals surface area contributed by atoms with E-state index in [4.69, 9.17) is 0 Å². The Labute approximate surface area is 99.2 Å². The lowest BCUT2D eigenvalue weighted by Crippen LogP contribution is -2.17. The van der Waals surface area contributed by atoms with Crippen molar-refractivity contribution in [1.29, 1.82) is 0 Å². The molecule has 0 saturated heterocycles. The SMILES string of the molecule is CNCC(O)c1ccc(N(C)C)c(Br)c1. The van der Waals surface area contributed by atoms with Crippen LogP contribution in [0.5, 0.6) is 0 Å². The van der Waals surface area contributed by atoms with Gasteiger partial charge in [-0.25, -0.2) is 0 Å². The minimum Gasteiger partial charge on any atom is -0.387 e. The number of aliphatic hydroxyl groups excluding tert-OH is 1. The summed E-state index contributed by atoms with van der Waals surface area (Å²) in [5.74, 6) is 0. The van der Waals surface area contributed by atoms with Crippen molar-refractivity contribution in [2.45, 2.75) is 6.10 Å². The molecule has 1 aromatic carbocycles. The molecule has 0 aromatic heterocycles. The smallest absolute Gasteiger partial charge is 0.0914 e. The molecule has 84 valence electrons. The molecule has 1 unspecified atom stereocenters. The lowest BCUT2D eigenvalue weighted by Gasteiger charge is -2.17. The topological polar surface area (TPSA) is 35.5 Å². The highest BCUT2D eigenvalue weighted by atomic mass is 79.9. The van der Waals surface area contributed by atoms with Crippen LogP contribution in [-0.4, -0.2) is 32.8 Å². The molecular weight excluding hydrogens is 256 g/mol. The lowest BCUT2D eigenvalue weighted by atomic mass is 10.1. The molecule has 0 amide bonds. The van der Waals surface area contributed by atoms with E-state index in [1.807, 2.05) is 44.2 Å². The molecular formula is C11H17BrN2O. The van der Waals surface area contributed by atoms with E-state index in [0.29, 0.717) is 6.54 Å². The standard InChI is InChI=1S/C11H17BrN2O/c1-13-7-11(15)8-4-5-10(14(2)3)9(12)6-8/h4-6,11,13,15H,7H2,1-3H3. The second kappa shape index (κ2) is 5.49. The number of benzene rings is 1. The Morgan fingerprint density at radius 1 is 1.47 bits per heavy atom. The van der Waals surface area contributed by atoms with Crippen molar-refractivity contribution in [1.82, 2.24) is 5.32 Å². The van der Waals surface area contributed by atoms with Gasteiger partial charge in [0.2, 0.25) is 0 Å². The summed E-state index contributed by atoms with van der Waals surface area (Å²) in [6.07, 6.45) is -0.456. The molecule has 0 saturated carbocycles. The van der Waals surface area contributed by atoms with Gasteiger partial charge in [-0.3, -0.25) is 0 Å². The Hall–Kier alpha value is -0.580. The average molecular weight is 273 g/mol. The second-order valence-electron chi connectivity index (χ2n) is 3.68. The molecule has 2 N–H and O–H groups in total. The average Bonchev–Trinajstić information content (AvgIpc) is 2.17. The van der Waals surface area contributed by atoms with E-state index in [2.05, 4.69) is 21.2 Å². The molecule has 1 rings (SSSR count). The number of nitrogens with one attached hydrogen (secondary N) is 1. The van der Waals surface area contributed by atoms with Gasteiger partial charge in [0.05, 0.1) is 11.8 Å².